The fourth-order valence-electron chi connectivity index (χ4n) is 1.89. The molecule has 0 aliphatic rings. The molecule has 0 saturated carbocycles. The van der Waals surface area contributed by atoms with Crippen LogP contribution < -0.4 is 5.32 Å². The summed E-state index contributed by atoms with van der Waals surface area (Å²) in [6.07, 6.45) is 7.15. The second-order valence-electron chi connectivity index (χ2n) is 4.57. The summed E-state index contributed by atoms with van der Waals surface area (Å²) >= 11 is 0. The number of aryl methyl sites for hydroxylation is 1. The van der Waals surface area contributed by atoms with Crippen LogP contribution in [0.5, 0.6) is 0 Å². The van der Waals surface area contributed by atoms with E-state index in [-0.39, 0.29) is 0 Å². The highest BCUT2D eigenvalue weighted by molar-refractivity contribution is 5.40. The second-order valence-corrected chi connectivity index (χ2v) is 4.57. The van der Waals surface area contributed by atoms with Gasteiger partial charge in [-0.1, -0.05) is 18.1 Å². The highest BCUT2D eigenvalue weighted by atomic mass is 16.5. The van der Waals surface area contributed by atoms with Gasteiger partial charge in [-0.3, -0.25) is 0 Å². The summed E-state index contributed by atoms with van der Waals surface area (Å²) in [4.78, 5) is 8.54. The van der Waals surface area contributed by atoms with E-state index in [0.717, 1.165) is 24.3 Å². The zero-order chi connectivity index (χ0) is 14.5. The molecule has 0 spiro atoms. The van der Waals surface area contributed by atoms with E-state index in [1.807, 2.05) is 24.4 Å². The molecule has 0 amide bonds. The molecule has 21 heavy (non-hydrogen) atoms. The molecule has 0 unspecified atom stereocenters. The van der Waals surface area contributed by atoms with Crippen LogP contribution in [0.25, 0.3) is 5.82 Å². The Labute approximate surface area is 122 Å². The first-order valence-electron chi connectivity index (χ1n) is 6.86. The van der Waals surface area contributed by atoms with Gasteiger partial charge in [0.05, 0.1) is 24.6 Å². The van der Waals surface area contributed by atoms with Crippen molar-refractivity contribution in [2.24, 2.45) is 0 Å². The van der Waals surface area contributed by atoms with Gasteiger partial charge in [0.2, 0.25) is 5.89 Å². The Hall–Kier alpha value is -2.70. The highest BCUT2D eigenvalue weighted by Gasteiger charge is 2.06. The Morgan fingerprint density at radius 2 is 2.29 bits per heavy atom. The fourth-order valence-corrected chi connectivity index (χ4v) is 1.89. The standard InChI is InChI=1S/C14H16N6O/c1-2-5-14-18-12(19-21-14)9-16-11-8-17-20(10-11)13-6-3-4-7-15-13/h3-4,6-8,10,16H,2,5,9H2,1H3. The van der Waals surface area contributed by atoms with Crippen molar-refractivity contribution >= 4 is 5.69 Å². The molecule has 7 heteroatoms. The third kappa shape index (κ3) is 3.25. The van der Waals surface area contributed by atoms with E-state index in [1.54, 1.807) is 17.1 Å². The molecule has 0 saturated heterocycles. The zero-order valence-corrected chi connectivity index (χ0v) is 11.7. The Kier molecular flexibility index (Phi) is 3.90. The lowest BCUT2D eigenvalue weighted by Gasteiger charge is -1.99. The molecule has 0 atom stereocenters. The molecule has 3 aromatic rings. The summed E-state index contributed by atoms with van der Waals surface area (Å²) in [5, 5.41) is 11.4. The van der Waals surface area contributed by atoms with E-state index in [0.29, 0.717) is 18.3 Å². The first-order valence-corrected chi connectivity index (χ1v) is 6.86. The van der Waals surface area contributed by atoms with Crippen LogP contribution in [0.1, 0.15) is 25.1 Å². The Bertz CT molecular complexity index is 690. The lowest BCUT2D eigenvalue weighted by atomic mass is 10.3. The molecule has 0 aromatic carbocycles. The third-order valence-corrected chi connectivity index (χ3v) is 2.89. The van der Waals surface area contributed by atoms with Gasteiger partial charge in [-0.05, 0) is 18.6 Å². The minimum atomic E-state index is 0.501. The number of nitrogens with one attached hydrogen (secondary N) is 1. The molecule has 7 nitrogen and oxygen atoms in total. The van der Waals surface area contributed by atoms with Crippen LogP contribution in [0.4, 0.5) is 5.69 Å². The number of hydrogen-bond donors (Lipinski definition) is 1. The van der Waals surface area contributed by atoms with Gasteiger partial charge >= 0.3 is 0 Å². The average Bonchev–Trinajstić information content (AvgIpc) is 3.16. The quantitative estimate of drug-likeness (QED) is 0.747. The van der Waals surface area contributed by atoms with Gasteiger partial charge in [-0.25, -0.2) is 9.67 Å². The minimum absolute atomic E-state index is 0.501. The summed E-state index contributed by atoms with van der Waals surface area (Å²) in [5.41, 5.74) is 0.877. The molecular weight excluding hydrogens is 268 g/mol. The van der Waals surface area contributed by atoms with E-state index in [1.165, 1.54) is 0 Å². The predicted molar refractivity (Wildman–Crippen MR) is 77.0 cm³/mol. The topological polar surface area (TPSA) is 81.7 Å². The number of aromatic nitrogens is 5. The normalized spacial score (nSPS) is 10.7. The maximum Gasteiger partial charge on any atom is 0.226 e. The molecule has 0 radical (unpaired) electrons. The number of rotatable bonds is 6. The van der Waals surface area contributed by atoms with Crippen LogP contribution in [0.2, 0.25) is 0 Å². The maximum absolute atomic E-state index is 5.14. The van der Waals surface area contributed by atoms with Crippen LogP contribution in [-0.2, 0) is 13.0 Å². The summed E-state index contributed by atoms with van der Waals surface area (Å²) in [6.45, 7) is 2.58. The van der Waals surface area contributed by atoms with Gasteiger partial charge in [0, 0.05) is 12.6 Å². The van der Waals surface area contributed by atoms with Crippen molar-refractivity contribution < 1.29 is 4.52 Å². The maximum atomic E-state index is 5.14. The van der Waals surface area contributed by atoms with Crippen LogP contribution in [-0.4, -0.2) is 24.9 Å². The van der Waals surface area contributed by atoms with Crippen molar-refractivity contribution in [1.82, 2.24) is 24.9 Å². The molecule has 108 valence electrons. The minimum Gasteiger partial charge on any atom is -0.375 e. The highest BCUT2D eigenvalue weighted by Crippen LogP contribution is 2.10. The zero-order valence-electron chi connectivity index (χ0n) is 11.7. The molecule has 0 aliphatic heterocycles. The average molecular weight is 284 g/mol. The SMILES string of the molecule is CCCc1nc(CNc2cnn(-c3ccccn3)c2)no1. The van der Waals surface area contributed by atoms with Gasteiger partial charge in [-0.2, -0.15) is 10.1 Å². The number of pyridine rings is 1. The first kappa shape index (κ1) is 13.3. The number of hydrogen-bond acceptors (Lipinski definition) is 6. The smallest absolute Gasteiger partial charge is 0.226 e. The number of nitrogens with zero attached hydrogens (tertiary/aromatic N) is 5. The van der Waals surface area contributed by atoms with E-state index in [2.05, 4.69) is 32.5 Å². The molecule has 0 fully saturated rings. The van der Waals surface area contributed by atoms with Crippen LogP contribution in [0.3, 0.4) is 0 Å². The fraction of sp³-hybridized carbons (Fsp3) is 0.286. The Morgan fingerprint density at radius 3 is 3.10 bits per heavy atom. The van der Waals surface area contributed by atoms with E-state index in [4.69, 9.17) is 4.52 Å². The van der Waals surface area contributed by atoms with Crippen molar-refractivity contribution in [1.29, 1.82) is 0 Å². The van der Waals surface area contributed by atoms with E-state index in [9.17, 15) is 0 Å². The summed E-state index contributed by atoms with van der Waals surface area (Å²) in [5.74, 6) is 2.10. The second kappa shape index (κ2) is 6.17. The Morgan fingerprint density at radius 1 is 1.33 bits per heavy atom. The molecule has 3 aromatic heterocycles. The van der Waals surface area contributed by atoms with Crippen LogP contribution in [0.15, 0.2) is 41.3 Å². The van der Waals surface area contributed by atoms with E-state index < -0.39 is 0 Å². The molecule has 3 rings (SSSR count). The summed E-state index contributed by atoms with van der Waals surface area (Å²) in [6, 6.07) is 5.69. The van der Waals surface area contributed by atoms with Crippen molar-refractivity contribution in [3.05, 3.63) is 48.5 Å². The largest absolute Gasteiger partial charge is 0.375 e. The lowest BCUT2D eigenvalue weighted by molar-refractivity contribution is 0.372. The van der Waals surface area contributed by atoms with Gasteiger partial charge in [-0.15, -0.1) is 0 Å². The first-order chi connectivity index (χ1) is 10.3. The summed E-state index contributed by atoms with van der Waals surface area (Å²) < 4.78 is 6.85. The van der Waals surface area contributed by atoms with Crippen molar-refractivity contribution in [3.8, 4) is 5.82 Å². The molecule has 0 bridgehead atoms. The van der Waals surface area contributed by atoms with Crippen molar-refractivity contribution in [3.63, 3.8) is 0 Å². The molecule has 1 N–H and O–H groups in total. The van der Waals surface area contributed by atoms with Gasteiger partial charge in [0.25, 0.3) is 0 Å². The van der Waals surface area contributed by atoms with Gasteiger partial charge in [0.1, 0.15) is 0 Å². The van der Waals surface area contributed by atoms with E-state index >= 15 is 0 Å². The van der Waals surface area contributed by atoms with Crippen LogP contribution >= 0.6 is 0 Å². The van der Waals surface area contributed by atoms with Crippen molar-refractivity contribution in [2.45, 2.75) is 26.3 Å². The van der Waals surface area contributed by atoms with Gasteiger partial charge < -0.3 is 9.84 Å². The third-order valence-electron chi connectivity index (χ3n) is 2.89. The molecule has 0 aliphatic carbocycles. The summed E-state index contributed by atoms with van der Waals surface area (Å²) in [7, 11) is 0. The molecule has 3 heterocycles. The van der Waals surface area contributed by atoms with Crippen molar-refractivity contribution in [2.75, 3.05) is 5.32 Å². The molecular formula is C14H16N6O. The Balaban J connectivity index is 1.62. The van der Waals surface area contributed by atoms with Gasteiger partial charge in [0.15, 0.2) is 11.6 Å². The lowest BCUT2D eigenvalue weighted by Crippen LogP contribution is -2.01. The number of anilines is 1. The predicted octanol–water partition coefficient (Wildman–Crippen LogP) is 2.21. The monoisotopic (exact) mass is 284 g/mol. The van der Waals surface area contributed by atoms with Crippen LogP contribution in [0, 0.1) is 0 Å².